The van der Waals surface area contributed by atoms with E-state index in [9.17, 15) is 4.79 Å². The Morgan fingerprint density at radius 1 is 1.38 bits per heavy atom. The van der Waals surface area contributed by atoms with Crippen LogP contribution in [0.25, 0.3) is 0 Å². The Balaban J connectivity index is 3.13. The van der Waals surface area contributed by atoms with Crippen molar-refractivity contribution in [3.63, 3.8) is 0 Å². The van der Waals surface area contributed by atoms with Gasteiger partial charge in [0.15, 0.2) is 5.78 Å². The number of Topliss-reactive ketones (excluding diaryl/α,β-unsaturated/α-hetero) is 1. The molecular weight excluding hydrogens is 186 g/mol. The first-order valence-corrected chi connectivity index (χ1v) is 4.38. The molecule has 1 rings (SSSR count). The fraction of sp³-hybridized carbons (Fsp3) is 0.300. The Bertz CT molecular complexity index is 334. The highest BCUT2D eigenvalue weighted by molar-refractivity contribution is 6.33. The van der Waals surface area contributed by atoms with Gasteiger partial charge in [-0.3, -0.25) is 4.79 Å². The molecule has 0 saturated carbocycles. The van der Waals surface area contributed by atoms with Crippen LogP contribution in [0.5, 0.6) is 0 Å². The Kier molecular flexibility index (Phi) is 2.94. The van der Waals surface area contributed by atoms with Crippen molar-refractivity contribution >= 4 is 23.1 Å². The van der Waals surface area contributed by atoms with Crippen LogP contribution in [-0.4, -0.2) is 19.9 Å². The Morgan fingerprint density at radius 2 is 2.00 bits per heavy atom. The van der Waals surface area contributed by atoms with Crippen molar-refractivity contribution in [1.82, 2.24) is 0 Å². The third-order valence-electron chi connectivity index (χ3n) is 1.84. The zero-order chi connectivity index (χ0) is 10.0. The van der Waals surface area contributed by atoms with Crippen molar-refractivity contribution in [2.24, 2.45) is 0 Å². The fourth-order valence-corrected chi connectivity index (χ4v) is 1.44. The number of carbonyl (C=O) groups is 1. The van der Waals surface area contributed by atoms with Gasteiger partial charge in [0.25, 0.3) is 0 Å². The van der Waals surface area contributed by atoms with Crippen LogP contribution in [-0.2, 0) is 0 Å². The van der Waals surface area contributed by atoms with Crippen molar-refractivity contribution < 1.29 is 4.79 Å². The summed E-state index contributed by atoms with van der Waals surface area (Å²) in [6.45, 7) is 1.53. The lowest BCUT2D eigenvalue weighted by molar-refractivity contribution is 0.101. The molecule has 0 bridgehead atoms. The average Bonchev–Trinajstić information content (AvgIpc) is 2.03. The molecule has 0 aliphatic rings. The first-order chi connectivity index (χ1) is 6.02. The third-order valence-corrected chi connectivity index (χ3v) is 2.14. The van der Waals surface area contributed by atoms with Crippen LogP contribution in [0.15, 0.2) is 18.2 Å². The van der Waals surface area contributed by atoms with Crippen molar-refractivity contribution in [2.45, 2.75) is 6.92 Å². The van der Waals surface area contributed by atoms with Crippen molar-refractivity contribution in [2.75, 3.05) is 19.0 Å². The molecule has 0 amide bonds. The summed E-state index contributed by atoms with van der Waals surface area (Å²) >= 11 is 5.97. The number of hydrogen-bond donors (Lipinski definition) is 0. The van der Waals surface area contributed by atoms with E-state index in [1.165, 1.54) is 6.92 Å². The first kappa shape index (κ1) is 10.1. The van der Waals surface area contributed by atoms with Gasteiger partial charge < -0.3 is 4.90 Å². The molecule has 0 heterocycles. The van der Waals surface area contributed by atoms with Crippen molar-refractivity contribution in [1.29, 1.82) is 0 Å². The summed E-state index contributed by atoms with van der Waals surface area (Å²) < 4.78 is 0. The first-order valence-electron chi connectivity index (χ1n) is 4.00. The number of ketones is 1. The van der Waals surface area contributed by atoms with E-state index in [1.807, 2.05) is 25.1 Å². The van der Waals surface area contributed by atoms with Crippen LogP contribution in [0.3, 0.4) is 0 Å². The normalized spacial score (nSPS) is 9.85. The predicted octanol–water partition coefficient (Wildman–Crippen LogP) is 2.61. The summed E-state index contributed by atoms with van der Waals surface area (Å²) in [6.07, 6.45) is 0. The molecule has 3 heteroatoms. The van der Waals surface area contributed by atoms with Crippen LogP contribution in [0.1, 0.15) is 17.3 Å². The lowest BCUT2D eigenvalue weighted by Gasteiger charge is -2.14. The van der Waals surface area contributed by atoms with Crippen molar-refractivity contribution in [3.05, 3.63) is 28.8 Å². The lowest BCUT2D eigenvalue weighted by atomic mass is 10.1. The summed E-state index contributed by atoms with van der Waals surface area (Å²) in [7, 11) is 3.82. The van der Waals surface area contributed by atoms with E-state index in [2.05, 4.69) is 0 Å². The molecule has 0 N–H and O–H groups in total. The maximum Gasteiger partial charge on any atom is 0.159 e. The maximum absolute atomic E-state index is 11.0. The molecule has 1 aromatic carbocycles. The number of rotatable bonds is 2. The van der Waals surface area contributed by atoms with Crippen molar-refractivity contribution in [3.8, 4) is 0 Å². The van der Waals surface area contributed by atoms with E-state index >= 15 is 0 Å². The highest BCUT2D eigenvalue weighted by atomic mass is 35.5. The van der Waals surface area contributed by atoms with Crippen LogP contribution in [0, 0.1) is 0 Å². The van der Waals surface area contributed by atoms with E-state index in [-0.39, 0.29) is 5.78 Å². The van der Waals surface area contributed by atoms with Gasteiger partial charge in [-0.15, -0.1) is 0 Å². The zero-order valence-electron chi connectivity index (χ0n) is 7.97. The molecule has 70 valence electrons. The number of halogens is 1. The molecule has 0 spiro atoms. The highest BCUT2D eigenvalue weighted by Crippen LogP contribution is 2.25. The number of hydrogen-bond acceptors (Lipinski definition) is 2. The summed E-state index contributed by atoms with van der Waals surface area (Å²) in [5.41, 5.74) is 1.57. The monoisotopic (exact) mass is 197 g/mol. The molecule has 2 nitrogen and oxygen atoms in total. The number of nitrogens with zero attached hydrogens (tertiary/aromatic N) is 1. The molecule has 1 aromatic rings. The quantitative estimate of drug-likeness (QED) is 0.680. The summed E-state index contributed by atoms with van der Waals surface area (Å²) in [5, 5.41) is 0.609. The SMILES string of the molecule is CC(=O)c1ccc(N(C)C)c(Cl)c1. The molecule has 0 saturated heterocycles. The standard InChI is InChI=1S/C10H12ClNO/c1-7(13)8-4-5-10(12(2)3)9(11)6-8/h4-6H,1-3H3. The second-order valence-electron chi connectivity index (χ2n) is 3.12. The van der Waals surface area contributed by atoms with E-state index in [4.69, 9.17) is 11.6 Å². The Morgan fingerprint density at radius 3 is 2.38 bits per heavy atom. The van der Waals surface area contributed by atoms with Crippen LogP contribution < -0.4 is 4.90 Å². The van der Waals surface area contributed by atoms with Gasteiger partial charge in [-0.05, 0) is 25.1 Å². The van der Waals surface area contributed by atoms with E-state index in [1.54, 1.807) is 12.1 Å². The molecule has 0 atom stereocenters. The third kappa shape index (κ3) is 2.22. The molecule has 0 unspecified atom stereocenters. The lowest BCUT2D eigenvalue weighted by Crippen LogP contribution is -2.09. The molecule has 0 radical (unpaired) electrons. The second kappa shape index (κ2) is 3.79. The van der Waals surface area contributed by atoms with Gasteiger partial charge >= 0.3 is 0 Å². The maximum atomic E-state index is 11.0. The van der Waals surface area contributed by atoms with Gasteiger partial charge in [-0.25, -0.2) is 0 Å². The minimum absolute atomic E-state index is 0.0345. The Labute approximate surface area is 83.1 Å². The van der Waals surface area contributed by atoms with Crippen LogP contribution in [0.2, 0.25) is 5.02 Å². The number of benzene rings is 1. The van der Waals surface area contributed by atoms with Gasteiger partial charge in [0.2, 0.25) is 0 Å². The molecule has 0 fully saturated rings. The minimum atomic E-state index is 0.0345. The van der Waals surface area contributed by atoms with Gasteiger partial charge in [0.05, 0.1) is 10.7 Å². The minimum Gasteiger partial charge on any atom is -0.376 e. The molecule has 13 heavy (non-hydrogen) atoms. The predicted molar refractivity (Wildman–Crippen MR) is 55.8 cm³/mol. The number of carbonyl (C=O) groups excluding carboxylic acids is 1. The highest BCUT2D eigenvalue weighted by Gasteiger charge is 2.05. The fourth-order valence-electron chi connectivity index (χ4n) is 1.09. The van der Waals surface area contributed by atoms with Gasteiger partial charge in [-0.2, -0.15) is 0 Å². The Hall–Kier alpha value is -1.02. The van der Waals surface area contributed by atoms with E-state index in [0.29, 0.717) is 10.6 Å². The number of anilines is 1. The zero-order valence-corrected chi connectivity index (χ0v) is 8.72. The van der Waals surface area contributed by atoms with Crippen LogP contribution in [0.4, 0.5) is 5.69 Å². The van der Waals surface area contributed by atoms with E-state index in [0.717, 1.165) is 5.69 Å². The smallest absolute Gasteiger partial charge is 0.159 e. The van der Waals surface area contributed by atoms with Gasteiger partial charge in [0.1, 0.15) is 0 Å². The van der Waals surface area contributed by atoms with Crippen LogP contribution >= 0.6 is 11.6 Å². The summed E-state index contributed by atoms with van der Waals surface area (Å²) in [6, 6.07) is 5.32. The van der Waals surface area contributed by atoms with Gasteiger partial charge in [0, 0.05) is 19.7 Å². The largest absolute Gasteiger partial charge is 0.376 e. The summed E-state index contributed by atoms with van der Waals surface area (Å²) in [5.74, 6) is 0.0345. The van der Waals surface area contributed by atoms with Gasteiger partial charge in [-0.1, -0.05) is 11.6 Å². The molecule has 0 aliphatic heterocycles. The molecular formula is C10H12ClNO. The summed E-state index contributed by atoms with van der Waals surface area (Å²) in [4.78, 5) is 12.9. The second-order valence-corrected chi connectivity index (χ2v) is 3.52. The molecule has 0 aliphatic carbocycles. The molecule has 0 aromatic heterocycles. The average molecular weight is 198 g/mol. The van der Waals surface area contributed by atoms with E-state index < -0.39 is 0 Å². The topological polar surface area (TPSA) is 20.3 Å².